The summed E-state index contributed by atoms with van der Waals surface area (Å²) in [5, 5.41) is 7.39. The molecule has 2 aromatic heterocycles. The van der Waals surface area contributed by atoms with E-state index in [0.717, 1.165) is 37.3 Å². The van der Waals surface area contributed by atoms with E-state index in [1.54, 1.807) is 16.0 Å². The van der Waals surface area contributed by atoms with Gasteiger partial charge in [-0.25, -0.2) is 4.79 Å². The minimum atomic E-state index is -0.197. The van der Waals surface area contributed by atoms with Crippen molar-refractivity contribution < 1.29 is 4.79 Å². The number of amides is 2. The molecular weight excluding hydrogens is 416 g/mol. The van der Waals surface area contributed by atoms with Crippen LogP contribution in [0.1, 0.15) is 62.1 Å². The van der Waals surface area contributed by atoms with Crippen molar-refractivity contribution in [3.8, 4) is 0 Å². The van der Waals surface area contributed by atoms with E-state index in [-0.39, 0.29) is 6.03 Å². The maximum Gasteiger partial charge on any atom is 0.330 e. The number of carbonyl (C=O) groups is 1. The quantitative estimate of drug-likeness (QED) is 0.580. The molecule has 0 unspecified atom stereocenters. The first-order valence-electron chi connectivity index (χ1n) is 10.6. The molecule has 2 amide bonds. The molecule has 0 aliphatic carbocycles. The second-order valence-electron chi connectivity index (χ2n) is 8.62. The van der Waals surface area contributed by atoms with Gasteiger partial charge in [0.15, 0.2) is 0 Å². The lowest BCUT2D eigenvalue weighted by Crippen LogP contribution is -2.42. The maximum atomic E-state index is 12.7. The van der Waals surface area contributed by atoms with E-state index in [1.165, 1.54) is 21.9 Å². The number of hydrogen-bond donors (Lipinski definition) is 2. The molecule has 0 atom stereocenters. The van der Waals surface area contributed by atoms with E-state index in [9.17, 15) is 4.79 Å². The summed E-state index contributed by atoms with van der Waals surface area (Å²) in [5.41, 5.74) is 1.93. The molecule has 30 heavy (non-hydrogen) atoms. The van der Waals surface area contributed by atoms with E-state index in [1.807, 2.05) is 19.4 Å². The van der Waals surface area contributed by atoms with Gasteiger partial charge in [-0.2, -0.15) is 5.10 Å². The molecule has 0 aromatic carbocycles. The number of piperidine rings is 1. The van der Waals surface area contributed by atoms with Crippen LogP contribution >= 0.6 is 23.5 Å². The Morgan fingerprint density at radius 3 is 2.50 bits per heavy atom. The van der Waals surface area contributed by atoms with Gasteiger partial charge in [-0.1, -0.05) is 27.7 Å². The summed E-state index contributed by atoms with van der Waals surface area (Å²) in [4.78, 5) is 17.6. The van der Waals surface area contributed by atoms with Crippen LogP contribution in [0.15, 0.2) is 18.5 Å². The van der Waals surface area contributed by atoms with Crippen LogP contribution in [-0.2, 0) is 7.05 Å². The molecule has 3 rings (SSSR count). The highest BCUT2D eigenvalue weighted by Crippen LogP contribution is 2.37. The van der Waals surface area contributed by atoms with Crippen LogP contribution in [0.3, 0.4) is 0 Å². The van der Waals surface area contributed by atoms with Gasteiger partial charge in [0.1, 0.15) is 0 Å². The minimum Gasteiger partial charge on any atom is -0.306 e. The molecule has 7 nitrogen and oxygen atoms in total. The molecule has 1 aliphatic rings. The lowest BCUT2D eigenvalue weighted by Gasteiger charge is -2.36. The number of nitrogens with zero attached hydrogens (tertiary/aromatic N) is 4. The summed E-state index contributed by atoms with van der Waals surface area (Å²) in [6, 6.07) is 2.28. The Morgan fingerprint density at radius 1 is 1.23 bits per heavy atom. The highest BCUT2D eigenvalue weighted by Gasteiger charge is 2.26. The number of carbonyl (C=O) groups excluding carboxylic acids is 1. The number of aryl methyl sites for hydroxylation is 1. The minimum absolute atomic E-state index is 0.197. The predicted octanol–water partition coefficient (Wildman–Crippen LogP) is 5.01. The maximum absolute atomic E-state index is 12.7. The molecule has 1 fully saturated rings. The number of urea groups is 1. The van der Waals surface area contributed by atoms with Crippen LogP contribution in [0.5, 0.6) is 0 Å². The lowest BCUT2D eigenvalue weighted by molar-refractivity contribution is 0.256. The number of nitrogens with one attached hydrogen (secondary N) is 2. The number of likely N-dealkylation sites (tertiary alicyclic amines) is 1. The summed E-state index contributed by atoms with van der Waals surface area (Å²) in [7, 11) is 4.07. The summed E-state index contributed by atoms with van der Waals surface area (Å²) >= 11 is 3.14. The molecule has 2 N–H and O–H groups in total. The van der Waals surface area contributed by atoms with Crippen LogP contribution in [0.25, 0.3) is 0 Å². The van der Waals surface area contributed by atoms with Gasteiger partial charge in [-0.3, -0.25) is 13.7 Å². The molecule has 0 spiro atoms. The third-order valence-electron chi connectivity index (χ3n) is 5.32. The lowest BCUT2D eigenvalue weighted by atomic mass is 10.1. The average Bonchev–Trinajstić information content (AvgIpc) is 3.30. The second kappa shape index (κ2) is 10.1. The highest BCUT2D eigenvalue weighted by molar-refractivity contribution is 7.99. The summed E-state index contributed by atoms with van der Waals surface area (Å²) in [6.07, 6.45) is 5.97. The standard InChI is InChI=1S/C21H34N6OS2/c1-14(2)19-11-18(20(29-19)15(3)4)23-21(28)24-30-27(17-12-22-26(6)13-17)16-7-9-25(5)10-8-16/h11-16H,7-10H2,1-6H3,(H2,23,24,28). The Bertz CT molecular complexity index is 838. The smallest absolute Gasteiger partial charge is 0.306 e. The van der Waals surface area contributed by atoms with Gasteiger partial charge in [-0.05, 0) is 50.9 Å². The Balaban J connectivity index is 1.67. The molecule has 0 saturated carbocycles. The summed E-state index contributed by atoms with van der Waals surface area (Å²) in [6.45, 7) is 10.8. The van der Waals surface area contributed by atoms with Crippen molar-refractivity contribution in [1.82, 2.24) is 19.4 Å². The fraction of sp³-hybridized carbons (Fsp3) is 0.619. The number of aromatic nitrogens is 2. The van der Waals surface area contributed by atoms with Crippen LogP contribution in [0.2, 0.25) is 0 Å². The van der Waals surface area contributed by atoms with Gasteiger partial charge in [-0.15, -0.1) is 11.3 Å². The van der Waals surface area contributed by atoms with Crippen molar-refractivity contribution in [2.75, 3.05) is 29.8 Å². The number of rotatable bonds is 7. The van der Waals surface area contributed by atoms with Crippen molar-refractivity contribution in [3.63, 3.8) is 0 Å². The zero-order valence-corrected chi connectivity index (χ0v) is 20.4. The molecule has 9 heteroatoms. The third-order valence-corrected chi connectivity index (χ3v) is 8.04. The van der Waals surface area contributed by atoms with Crippen molar-refractivity contribution >= 4 is 40.9 Å². The first kappa shape index (κ1) is 23.0. The van der Waals surface area contributed by atoms with Gasteiger partial charge >= 0.3 is 6.03 Å². The van der Waals surface area contributed by atoms with Gasteiger partial charge < -0.3 is 10.2 Å². The normalized spacial score (nSPS) is 15.7. The van der Waals surface area contributed by atoms with E-state index in [2.05, 4.69) is 65.2 Å². The molecule has 0 radical (unpaired) electrons. The van der Waals surface area contributed by atoms with Gasteiger partial charge in [0, 0.05) is 29.0 Å². The Morgan fingerprint density at radius 2 is 1.93 bits per heavy atom. The van der Waals surface area contributed by atoms with E-state index in [4.69, 9.17) is 0 Å². The van der Waals surface area contributed by atoms with Crippen molar-refractivity contribution in [3.05, 3.63) is 28.2 Å². The Labute approximate surface area is 188 Å². The topological polar surface area (TPSA) is 65.4 Å². The predicted molar refractivity (Wildman–Crippen MR) is 128 cm³/mol. The van der Waals surface area contributed by atoms with Crippen molar-refractivity contribution in [2.24, 2.45) is 7.05 Å². The summed E-state index contributed by atoms with van der Waals surface area (Å²) < 4.78 is 6.99. The van der Waals surface area contributed by atoms with Crippen LogP contribution in [-0.4, -0.2) is 46.9 Å². The molecule has 0 bridgehead atoms. The van der Waals surface area contributed by atoms with Gasteiger partial charge in [0.2, 0.25) is 0 Å². The summed E-state index contributed by atoms with van der Waals surface area (Å²) in [5.74, 6) is 0.822. The number of anilines is 2. The zero-order valence-electron chi connectivity index (χ0n) is 18.8. The average molecular weight is 451 g/mol. The third kappa shape index (κ3) is 5.70. The largest absolute Gasteiger partial charge is 0.330 e. The highest BCUT2D eigenvalue weighted by atomic mass is 32.2. The van der Waals surface area contributed by atoms with Crippen LogP contribution in [0, 0.1) is 0 Å². The fourth-order valence-corrected chi connectivity index (χ4v) is 5.48. The van der Waals surface area contributed by atoms with Crippen molar-refractivity contribution in [1.29, 1.82) is 0 Å². The van der Waals surface area contributed by atoms with Crippen molar-refractivity contribution in [2.45, 2.75) is 58.4 Å². The zero-order chi connectivity index (χ0) is 21.8. The molecule has 1 aliphatic heterocycles. The SMILES string of the molecule is CC(C)c1cc(NC(=O)NSN(c2cnn(C)c2)C2CCN(C)CC2)c(C(C)C)s1. The van der Waals surface area contributed by atoms with Crippen LogP contribution < -0.4 is 14.3 Å². The van der Waals surface area contributed by atoms with E-state index < -0.39 is 0 Å². The molecule has 166 valence electrons. The second-order valence-corrected chi connectivity index (χ2v) is 10.5. The first-order chi connectivity index (χ1) is 14.2. The Kier molecular flexibility index (Phi) is 7.70. The number of thiophene rings is 1. The molecule has 3 heterocycles. The monoisotopic (exact) mass is 450 g/mol. The van der Waals surface area contributed by atoms with Crippen LogP contribution in [0.4, 0.5) is 16.2 Å². The first-order valence-corrected chi connectivity index (χ1v) is 12.2. The fourth-order valence-electron chi connectivity index (χ4n) is 3.56. The van der Waals surface area contributed by atoms with Gasteiger partial charge in [0.05, 0.1) is 29.7 Å². The molecule has 2 aromatic rings. The van der Waals surface area contributed by atoms with Gasteiger partial charge in [0.25, 0.3) is 0 Å². The Hall–Kier alpha value is -1.71. The van der Waals surface area contributed by atoms with E-state index in [0.29, 0.717) is 17.9 Å². The van der Waals surface area contributed by atoms with E-state index >= 15 is 0 Å². The molecule has 1 saturated heterocycles. The molecular formula is C21H34N6OS2. The number of hydrogen-bond acceptors (Lipinski definition) is 6.